The Balaban J connectivity index is 2.31. The second-order valence-electron chi connectivity index (χ2n) is 3.54. The maximum Gasteiger partial charge on any atom is 0.258 e. The minimum Gasteiger partial charge on any atom is -0.319 e. The van der Waals surface area contributed by atoms with Crippen molar-refractivity contribution < 1.29 is 22.4 Å². The van der Waals surface area contributed by atoms with Crippen molar-refractivity contribution in [3.8, 4) is 0 Å². The van der Waals surface area contributed by atoms with Crippen molar-refractivity contribution in [1.29, 1.82) is 0 Å². The molecule has 98 valence electrons. The first-order valence-corrected chi connectivity index (χ1v) is 5.05. The molecule has 0 aliphatic heterocycles. The molecule has 0 unspecified atom stereocenters. The van der Waals surface area contributed by atoms with Crippen molar-refractivity contribution in [2.75, 3.05) is 5.32 Å². The lowest BCUT2D eigenvalue weighted by molar-refractivity contribution is 0.102. The highest BCUT2D eigenvalue weighted by molar-refractivity contribution is 6.04. The number of carbonyl (C=O) groups is 1. The standard InChI is InChI=1S/C12H6F4N2O/c13-6-1-2-8(14)9(5-6)18-12(19)7-3-4-17-11(16)10(7)15/h1-5H,(H,18,19). The highest BCUT2D eigenvalue weighted by atomic mass is 19.2. The molecule has 0 saturated carbocycles. The number of benzene rings is 1. The Hall–Kier alpha value is -2.44. The Bertz CT molecular complexity index is 646. The summed E-state index contributed by atoms with van der Waals surface area (Å²) in [5.41, 5.74) is -1.13. The molecule has 0 bridgehead atoms. The number of hydrogen-bond acceptors (Lipinski definition) is 2. The molecule has 0 spiro atoms. The summed E-state index contributed by atoms with van der Waals surface area (Å²) in [7, 11) is 0. The Morgan fingerprint density at radius 3 is 2.58 bits per heavy atom. The van der Waals surface area contributed by atoms with Crippen LogP contribution in [0.25, 0.3) is 0 Å². The van der Waals surface area contributed by atoms with Gasteiger partial charge in [0.1, 0.15) is 11.6 Å². The van der Waals surface area contributed by atoms with Crippen molar-refractivity contribution in [2.24, 2.45) is 0 Å². The van der Waals surface area contributed by atoms with Crippen LogP contribution in [0.3, 0.4) is 0 Å². The molecule has 1 heterocycles. The van der Waals surface area contributed by atoms with Crippen molar-refractivity contribution in [1.82, 2.24) is 4.98 Å². The van der Waals surface area contributed by atoms with Gasteiger partial charge in [0, 0.05) is 12.3 Å². The van der Waals surface area contributed by atoms with Crippen molar-refractivity contribution >= 4 is 11.6 Å². The molecule has 2 rings (SSSR count). The van der Waals surface area contributed by atoms with Crippen LogP contribution in [0.15, 0.2) is 30.5 Å². The van der Waals surface area contributed by atoms with E-state index in [4.69, 9.17) is 0 Å². The molecule has 19 heavy (non-hydrogen) atoms. The van der Waals surface area contributed by atoms with Gasteiger partial charge in [-0.2, -0.15) is 4.39 Å². The van der Waals surface area contributed by atoms with E-state index in [0.717, 1.165) is 30.5 Å². The molecule has 1 N–H and O–H groups in total. The van der Waals surface area contributed by atoms with Gasteiger partial charge in [0.25, 0.3) is 5.91 Å². The Morgan fingerprint density at radius 1 is 1.11 bits per heavy atom. The van der Waals surface area contributed by atoms with Gasteiger partial charge >= 0.3 is 0 Å². The van der Waals surface area contributed by atoms with Crippen LogP contribution in [-0.2, 0) is 0 Å². The highest BCUT2D eigenvalue weighted by Gasteiger charge is 2.17. The zero-order valence-corrected chi connectivity index (χ0v) is 9.25. The van der Waals surface area contributed by atoms with Crippen LogP contribution in [0.5, 0.6) is 0 Å². The van der Waals surface area contributed by atoms with E-state index in [1.165, 1.54) is 0 Å². The maximum atomic E-state index is 13.3. The minimum atomic E-state index is -1.46. The molecule has 1 aromatic heterocycles. The molecule has 1 aromatic carbocycles. The smallest absolute Gasteiger partial charge is 0.258 e. The van der Waals surface area contributed by atoms with Gasteiger partial charge in [0.2, 0.25) is 5.95 Å². The number of pyridine rings is 1. The third kappa shape index (κ3) is 2.70. The van der Waals surface area contributed by atoms with E-state index < -0.39 is 40.6 Å². The normalized spacial score (nSPS) is 10.3. The average molecular weight is 270 g/mol. The third-order valence-corrected chi connectivity index (χ3v) is 2.27. The number of nitrogens with zero attached hydrogens (tertiary/aromatic N) is 1. The van der Waals surface area contributed by atoms with Gasteiger partial charge in [0.15, 0.2) is 5.82 Å². The fraction of sp³-hybridized carbons (Fsp3) is 0. The monoisotopic (exact) mass is 270 g/mol. The number of carbonyl (C=O) groups excluding carboxylic acids is 1. The predicted octanol–water partition coefficient (Wildman–Crippen LogP) is 2.89. The largest absolute Gasteiger partial charge is 0.319 e. The van der Waals surface area contributed by atoms with Crippen molar-refractivity contribution in [3.63, 3.8) is 0 Å². The van der Waals surface area contributed by atoms with Gasteiger partial charge in [0.05, 0.1) is 11.3 Å². The molecule has 1 amide bonds. The zero-order valence-electron chi connectivity index (χ0n) is 9.25. The number of halogens is 4. The van der Waals surface area contributed by atoms with Gasteiger partial charge in [-0.25, -0.2) is 18.2 Å². The first-order valence-electron chi connectivity index (χ1n) is 5.05. The number of nitrogens with one attached hydrogen (secondary N) is 1. The summed E-state index contributed by atoms with van der Waals surface area (Å²) in [5.74, 6) is -5.70. The molecule has 3 nitrogen and oxygen atoms in total. The van der Waals surface area contributed by atoms with E-state index >= 15 is 0 Å². The summed E-state index contributed by atoms with van der Waals surface area (Å²) < 4.78 is 52.2. The lowest BCUT2D eigenvalue weighted by atomic mass is 10.2. The molecule has 2 aromatic rings. The maximum absolute atomic E-state index is 13.3. The van der Waals surface area contributed by atoms with Gasteiger partial charge in [-0.1, -0.05) is 0 Å². The lowest BCUT2D eigenvalue weighted by Gasteiger charge is -2.07. The van der Waals surface area contributed by atoms with Gasteiger partial charge in [-0.3, -0.25) is 4.79 Å². The SMILES string of the molecule is O=C(Nc1cc(F)ccc1F)c1ccnc(F)c1F. The van der Waals surface area contributed by atoms with Crippen molar-refractivity contribution in [2.45, 2.75) is 0 Å². The molecule has 7 heteroatoms. The fourth-order valence-corrected chi connectivity index (χ4v) is 1.38. The summed E-state index contributed by atoms with van der Waals surface area (Å²) in [5, 5.41) is 1.95. The number of amides is 1. The Labute approximate surface area is 104 Å². The second kappa shape index (κ2) is 5.05. The second-order valence-corrected chi connectivity index (χ2v) is 3.54. The van der Waals surface area contributed by atoms with Crippen LogP contribution >= 0.6 is 0 Å². The van der Waals surface area contributed by atoms with E-state index in [-0.39, 0.29) is 0 Å². The molecule has 0 aliphatic rings. The van der Waals surface area contributed by atoms with E-state index in [1.807, 2.05) is 5.32 Å². The molecule has 0 radical (unpaired) electrons. The predicted molar refractivity (Wildman–Crippen MR) is 58.5 cm³/mol. The topological polar surface area (TPSA) is 42.0 Å². The average Bonchev–Trinajstić information content (AvgIpc) is 2.37. The summed E-state index contributed by atoms with van der Waals surface area (Å²) in [4.78, 5) is 14.6. The lowest BCUT2D eigenvalue weighted by Crippen LogP contribution is -2.16. The summed E-state index contributed by atoms with van der Waals surface area (Å²) >= 11 is 0. The molecule has 0 saturated heterocycles. The summed E-state index contributed by atoms with van der Waals surface area (Å²) in [6.45, 7) is 0. The van der Waals surface area contributed by atoms with Crippen LogP contribution in [0.4, 0.5) is 23.2 Å². The summed E-state index contributed by atoms with van der Waals surface area (Å²) in [6.07, 6.45) is 0.884. The van der Waals surface area contributed by atoms with Gasteiger partial charge in [-0.05, 0) is 18.2 Å². The van der Waals surface area contributed by atoms with E-state index in [1.54, 1.807) is 0 Å². The van der Waals surface area contributed by atoms with Crippen LogP contribution in [0.2, 0.25) is 0 Å². The number of hydrogen-bond donors (Lipinski definition) is 1. The number of aromatic nitrogens is 1. The van der Waals surface area contributed by atoms with Gasteiger partial charge < -0.3 is 5.32 Å². The first-order chi connectivity index (χ1) is 8.99. The quantitative estimate of drug-likeness (QED) is 0.673. The van der Waals surface area contributed by atoms with E-state index in [9.17, 15) is 22.4 Å². The van der Waals surface area contributed by atoms with Gasteiger partial charge in [-0.15, -0.1) is 0 Å². The molecular formula is C12H6F4N2O. The Morgan fingerprint density at radius 2 is 1.84 bits per heavy atom. The number of rotatable bonds is 2. The van der Waals surface area contributed by atoms with E-state index in [0.29, 0.717) is 0 Å². The number of anilines is 1. The Kier molecular flexibility index (Phi) is 3.46. The minimum absolute atomic E-state index is 0.471. The molecule has 0 aliphatic carbocycles. The summed E-state index contributed by atoms with van der Waals surface area (Å²) in [6, 6.07) is 3.31. The zero-order chi connectivity index (χ0) is 14.0. The van der Waals surface area contributed by atoms with E-state index in [2.05, 4.69) is 4.98 Å². The fourth-order valence-electron chi connectivity index (χ4n) is 1.38. The molecule has 0 atom stereocenters. The van der Waals surface area contributed by atoms with Crippen LogP contribution in [0, 0.1) is 23.4 Å². The molecular weight excluding hydrogens is 264 g/mol. The highest BCUT2D eigenvalue weighted by Crippen LogP contribution is 2.17. The first kappa shape index (κ1) is 13.0. The van der Waals surface area contributed by atoms with Crippen LogP contribution in [0.1, 0.15) is 10.4 Å². The van der Waals surface area contributed by atoms with Crippen molar-refractivity contribution in [3.05, 3.63) is 59.4 Å². The van der Waals surface area contributed by atoms with Crippen LogP contribution in [-0.4, -0.2) is 10.9 Å². The van der Waals surface area contributed by atoms with Crippen LogP contribution < -0.4 is 5.32 Å². The third-order valence-electron chi connectivity index (χ3n) is 2.27. The molecule has 0 fully saturated rings.